The topological polar surface area (TPSA) is 73.1 Å². The Hall–Kier alpha value is -1.51. The fraction of sp³-hybridized carbons (Fsp3) is 0.529. The molecule has 0 saturated heterocycles. The molecular formula is C17H22N2O2S. The third-order valence-corrected chi connectivity index (χ3v) is 5.01. The van der Waals surface area contributed by atoms with Crippen molar-refractivity contribution in [3.05, 3.63) is 29.8 Å². The van der Waals surface area contributed by atoms with E-state index in [1.165, 1.54) is 24.6 Å². The second-order valence-corrected chi connectivity index (χ2v) is 6.89. The first kappa shape index (κ1) is 16.9. The van der Waals surface area contributed by atoms with Crippen LogP contribution in [0, 0.1) is 11.3 Å². The minimum Gasteiger partial charge on any atom is -0.388 e. The van der Waals surface area contributed by atoms with Crippen molar-refractivity contribution in [2.45, 2.75) is 49.0 Å². The third kappa shape index (κ3) is 5.36. The molecule has 0 radical (unpaired) electrons. The van der Waals surface area contributed by atoms with Crippen molar-refractivity contribution in [1.29, 1.82) is 5.26 Å². The van der Waals surface area contributed by atoms with E-state index in [4.69, 9.17) is 5.26 Å². The molecule has 118 valence electrons. The molecule has 2 rings (SSSR count). The number of hydrogen-bond donors (Lipinski definition) is 2. The third-order valence-electron chi connectivity index (χ3n) is 4.00. The van der Waals surface area contributed by atoms with Crippen LogP contribution in [0.4, 0.5) is 0 Å². The maximum atomic E-state index is 11.9. The van der Waals surface area contributed by atoms with Crippen LogP contribution in [-0.2, 0) is 4.79 Å². The Morgan fingerprint density at radius 3 is 2.45 bits per heavy atom. The fourth-order valence-corrected chi connectivity index (χ4v) is 3.38. The molecule has 0 spiro atoms. The highest BCUT2D eigenvalue weighted by molar-refractivity contribution is 8.00. The monoisotopic (exact) mass is 318 g/mol. The molecule has 2 N–H and O–H groups in total. The zero-order chi connectivity index (χ0) is 15.8. The van der Waals surface area contributed by atoms with Crippen LogP contribution in [0.3, 0.4) is 0 Å². The molecule has 0 heterocycles. The second-order valence-electron chi connectivity index (χ2n) is 5.84. The lowest BCUT2D eigenvalue weighted by Crippen LogP contribution is -2.43. The average molecular weight is 318 g/mol. The van der Waals surface area contributed by atoms with E-state index in [1.807, 2.05) is 12.1 Å². The number of nitrogens with zero attached hydrogens (tertiary/aromatic N) is 1. The molecule has 1 aromatic carbocycles. The van der Waals surface area contributed by atoms with Gasteiger partial charge in [0.25, 0.3) is 0 Å². The van der Waals surface area contributed by atoms with Crippen LogP contribution in [-0.4, -0.2) is 28.9 Å². The fourth-order valence-electron chi connectivity index (χ4n) is 2.65. The molecule has 1 fully saturated rings. The van der Waals surface area contributed by atoms with Gasteiger partial charge in [-0.05, 0) is 37.1 Å². The molecule has 1 aliphatic rings. The van der Waals surface area contributed by atoms with E-state index in [9.17, 15) is 9.90 Å². The van der Waals surface area contributed by atoms with Crippen molar-refractivity contribution in [3.63, 3.8) is 0 Å². The summed E-state index contributed by atoms with van der Waals surface area (Å²) in [5.74, 6) is 0.258. The Morgan fingerprint density at radius 2 is 1.86 bits per heavy atom. The van der Waals surface area contributed by atoms with Crippen LogP contribution in [0.2, 0.25) is 0 Å². The summed E-state index contributed by atoms with van der Waals surface area (Å²) in [7, 11) is 0. The Morgan fingerprint density at radius 1 is 1.23 bits per heavy atom. The standard InChI is InChI=1S/C17H22N2O2S/c18-11-14-5-7-15(8-6-14)22-12-16(20)19-13-17(21)9-3-1-2-4-10-17/h5-8,21H,1-4,9-10,12-13H2,(H,19,20). The predicted molar refractivity (Wildman–Crippen MR) is 87.5 cm³/mol. The van der Waals surface area contributed by atoms with Gasteiger partial charge in [-0.2, -0.15) is 5.26 Å². The summed E-state index contributed by atoms with van der Waals surface area (Å²) in [6.45, 7) is 0.347. The molecule has 1 aliphatic carbocycles. The zero-order valence-electron chi connectivity index (χ0n) is 12.7. The maximum Gasteiger partial charge on any atom is 0.230 e. The summed E-state index contributed by atoms with van der Waals surface area (Å²) < 4.78 is 0. The van der Waals surface area contributed by atoms with E-state index in [0.29, 0.717) is 17.9 Å². The first-order valence-corrected chi connectivity index (χ1v) is 8.72. The summed E-state index contributed by atoms with van der Waals surface area (Å²) in [4.78, 5) is 12.9. The van der Waals surface area contributed by atoms with Crippen molar-refractivity contribution < 1.29 is 9.90 Å². The lowest BCUT2D eigenvalue weighted by molar-refractivity contribution is -0.120. The van der Waals surface area contributed by atoms with Crippen molar-refractivity contribution >= 4 is 17.7 Å². The Kier molecular flexibility index (Phi) is 6.29. The van der Waals surface area contributed by atoms with Crippen LogP contribution in [0.25, 0.3) is 0 Å². The lowest BCUT2D eigenvalue weighted by atomic mass is 9.94. The number of amides is 1. The molecule has 4 nitrogen and oxygen atoms in total. The smallest absolute Gasteiger partial charge is 0.230 e. The zero-order valence-corrected chi connectivity index (χ0v) is 13.5. The van der Waals surface area contributed by atoms with Crippen LogP contribution in [0.1, 0.15) is 44.1 Å². The van der Waals surface area contributed by atoms with Gasteiger partial charge in [0.1, 0.15) is 0 Å². The molecule has 0 bridgehead atoms. The highest BCUT2D eigenvalue weighted by atomic mass is 32.2. The molecule has 1 amide bonds. The van der Waals surface area contributed by atoms with E-state index in [1.54, 1.807) is 12.1 Å². The lowest BCUT2D eigenvalue weighted by Gasteiger charge is -2.26. The van der Waals surface area contributed by atoms with Crippen LogP contribution < -0.4 is 5.32 Å². The van der Waals surface area contributed by atoms with Gasteiger partial charge in [0.05, 0.1) is 23.0 Å². The number of thioether (sulfide) groups is 1. The first-order valence-electron chi connectivity index (χ1n) is 7.73. The minimum absolute atomic E-state index is 0.0629. The number of nitriles is 1. The molecule has 1 aromatic rings. The van der Waals surface area contributed by atoms with Gasteiger partial charge in [0.15, 0.2) is 0 Å². The van der Waals surface area contributed by atoms with Gasteiger partial charge in [-0.3, -0.25) is 4.79 Å². The van der Waals surface area contributed by atoms with Crippen molar-refractivity contribution in [1.82, 2.24) is 5.32 Å². The van der Waals surface area contributed by atoms with E-state index in [2.05, 4.69) is 11.4 Å². The molecule has 5 heteroatoms. The van der Waals surface area contributed by atoms with Gasteiger partial charge in [-0.25, -0.2) is 0 Å². The summed E-state index contributed by atoms with van der Waals surface area (Å²) in [6, 6.07) is 9.24. The van der Waals surface area contributed by atoms with E-state index in [-0.39, 0.29) is 5.91 Å². The molecule has 0 aliphatic heterocycles. The van der Waals surface area contributed by atoms with E-state index < -0.39 is 5.60 Å². The summed E-state index contributed by atoms with van der Waals surface area (Å²) >= 11 is 1.43. The van der Waals surface area contributed by atoms with Gasteiger partial charge in [-0.1, -0.05) is 25.7 Å². The molecule has 0 aromatic heterocycles. The van der Waals surface area contributed by atoms with Crippen molar-refractivity contribution in [2.75, 3.05) is 12.3 Å². The molecule has 0 unspecified atom stereocenters. The predicted octanol–water partition coefficient (Wildman–Crippen LogP) is 2.85. The molecule has 22 heavy (non-hydrogen) atoms. The SMILES string of the molecule is N#Cc1ccc(SCC(=O)NCC2(O)CCCCCC2)cc1. The minimum atomic E-state index is -0.731. The first-order chi connectivity index (χ1) is 10.6. The van der Waals surface area contributed by atoms with Crippen LogP contribution in [0.5, 0.6) is 0 Å². The highest BCUT2D eigenvalue weighted by Gasteiger charge is 2.28. The molecule has 0 atom stereocenters. The molecule has 1 saturated carbocycles. The van der Waals surface area contributed by atoms with Gasteiger partial charge in [0.2, 0.25) is 5.91 Å². The highest BCUT2D eigenvalue weighted by Crippen LogP contribution is 2.26. The van der Waals surface area contributed by atoms with E-state index >= 15 is 0 Å². The average Bonchev–Trinajstić information content (AvgIpc) is 2.76. The number of hydrogen-bond acceptors (Lipinski definition) is 4. The Balaban J connectivity index is 1.74. The maximum absolute atomic E-state index is 11.9. The Bertz CT molecular complexity index is 529. The number of carbonyl (C=O) groups is 1. The van der Waals surface area contributed by atoms with Crippen molar-refractivity contribution in [3.8, 4) is 6.07 Å². The number of rotatable bonds is 5. The van der Waals surface area contributed by atoms with Gasteiger partial charge in [0, 0.05) is 11.4 Å². The number of carbonyl (C=O) groups excluding carboxylic acids is 1. The summed E-state index contributed by atoms with van der Waals surface area (Å²) in [5, 5.41) is 22.1. The van der Waals surface area contributed by atoms with Crippen LogP contribution >= 0.6 is 11.8 Å². The van der Waals surface area contributed by atoms with Crippen LogP contribution in [0.15, 0.2) is 29.2 Å². The van der Waals surface area contributed by atoms with Gasteiger partial charge >= 0.3 is 0 Å². The quantitative estimate of drug-likeness (QED) is 0.647. The largest absolute Gasteiger partial charge is 0.388 e. The second kappa shape index (κ2) is 8.21. The number of benzene rings is 1. The Labute approximate surface area is 135 Å². The normalized spacial score (nSPS) is 17.3. The van der Waals surface area contributed by atoms with E-state index in [0.717, 1.165) is 30.6 Å². The van der Waals surface area contributed by atoms with Gasteiger partial charge < -0.3 is 10.4 Å². The van der Waals surface area contributed by atoms with Crippen molar-refractivity contribution in [2.24, 2.45) is 0 Å². The van der Waals surface area contributed by atoms with Gasteiger partial charge in [-0.15, -0.1) is 11.8 Å². The molecular weight excluding hydrogens is 296 g/mol. The number of nitrogens with one attached hydrogen (secondary N) is 1. The summed E-state index contributed by atoms with van der Waals surface area (Å²) in [5.41, 5.74) is -0.116. The summed E-state index contributed by atoms with van der Waals surface area (Å²) in [6.07, 6.45) is 5.96. The number of aliphatic hydroxyl groups is 1.